The average Bonchev–Trinajstić information content (AvgIpc) is 3.13. The largest absolute Gasteiger partial charge is 0.381 e. The van der Waals surface area contributed by atoms with Crippen molar-refractivity contribution >= 4 is 51.2 Å². The Balaban J connectivity index is 1.60. The van der Waals surface area contributed by atoms with E-state index in [0.29, 0.717) is 28.9 Å². The smallest absolute Gasteiger partial charge is 0.225 e. The molecule has 3 aliphatic rings. The molecule has 0 bridgehead atoms. The monoisotopic (exact) mass is 567 g/mol. The zero-order valence-electron chi connectivity index (χ0n) is 22.2. The van der Waals surface area contributed by atoms with Crippen LogP contribution >= 0.6 is 22.9 Å². The highest BCUT2D eigenvalue weighted by Gasteiger charge is 2.43. The highest BCUT2D eigenvalue weighted by atomic mass is 35.5. The quantitative estimate of drug-likeness (QED) is 0.293. The predicted molar refractivity (Wildman–Crippen MR) is 155 cm³/mol. The molecule has 7 nitrogen and oxygen atoms in total. The van der Waals surface area contributed by atoms with Gasteiger partial charge in [-0.1, -0.05) is 35.6 Å². The van der Waals surface area contributed by atoms with Crippen LogP contribution in [0, 0.1) is 35.5 Å². The molecule has 5 rings (SSSR count). The number of hydrogen-bond acceptors (Lipinski definition) is 6. The summed E-state index contributed by atoms with van der Waals surface area (Å²) < 4.78 is 19.6. The summed E-state index contributed by atoms with van der Waals surface area (Å²) in [6, 6.07) is 6.46. The van der Waals surface area contributed by atoms with Crippen LogP contribution in [-0.2, 0) is 9.53 Å². The van der Waals surface area contributed by atoms with Crippen LogP contribution < -0.4 is 4.90 Å². The Bertz CT molecular complexity index is 1410. The first-order chi connectivity index (χ1) is 18.5. The summed E-state index contributed by atoms with van der Waals surface area (Å²) in [6.07, 6.45) is 1.72. The lowest BCUT2D eigenvalue weighted by molar-refractivity contribution is -0.144. The van der Waals surface area contributed by atoms with E-state index in [4.69, 9.17) is 32.1 Å². The van der Waals surface area contributed by atoms with Gasteiger partial charge in [-0.3, -0.25) is 25.5 Å². The number of carbonyl (C=O) groups excluding carboxylic acids is 1. The van der Waals surface area contributed by atoms with Gasteiger partial charge in [-0.05, 0) is 51.3 Å². The first-order valence-electron chi connectivity index (χ1n) is 13.0. The predicted octanol–water partition coefficient (Wildman–Crippen LogP) is 5.45. The fourth-order valence-electron chi connectivity index (χ4n) is 5.13. The number of ether oxygens (including phenoxy) is 1. The number of aliphatic imine (C=N–C) groups is 1. The zero-order chi connectivity index (χ0) is 27.9. The number of rotatable bonds is 3. The van der Waals surface area contributed by atoms with Crippen LogP contribution in [-0.4, -0.2) is 66.2 Å². The number of carbonyl (C=O) groups is 1. The summed E-state index contributed by atoms with van der Waals surface area (Å²) in [4.78, 5) is 21.9. The number of amidine groups is 2. The molecule has 0 radical (unpaired) electrons. The van der Waals surface area contributed by atoms with Gasteiger partial charge in [0.05, 0.1) is 30.1 Å². The van der Waals surface area contributed by atoms with Crippen LogP contribution in [0.2, 0.25) is 5.02 Å². The van der Waals surface area contributed by atoms with Gasteiger partial charge in [0.2, 0.25) is 5.91 Å². The van der Waals surface area contributed by atoms with E-state index in [-0.39, 0.29) is 43.0 Å². The Morgan fingerprint density at radius 1 is 1.28 bits per heavy atom. The number of benzene rings is 1. The first-order valence-corrected chi connectivity index (χ1v) is 14.2. The lowest BCUT2D eigenvalue weighted by Crippen LogP contribution is -2.59. The van der Waals surface area contributed by atoms with Gasteiger partial charge in [0.1, 0.15) is 28.4 Å². The van der Waals surface area contributed by atoms with Crippen LogP contribution in [0.5, 0.6) is 0 Å². The van der Waals surface area contributed by atoms with Crippen molar-refractivity contribution in [3.05, 3.63) is 50.9 Å². The van der Waals surface area contributed by atoms with Gasteiger partial charge in [-0.2, -0.15) is 0 Å². The number of alkyl halides is 1. The SMILES string of the molecule is CC(=N)N1C(=N)[C@H](CC(=O)N2CC(C)(F)C2)N=C(c2ccc(Cl)cc2)c2c1sc(C#CC1CCOCC1)c2C. The van der Waals surface area contributed by atoms with Gasteiger partial charge in [0, 0.05) is 35.3 Å². The summed E-state index contributed by atoms with van der Waals surface area (Å²) in [5, 5.41) is 18.9. The molecule has 1 amide bonds. The molecule has 0 spiro atoms. The number of anilines is 1. The Morgan fingerprint density at radius 2 is 1.95 bits per heavy atom. The topological polar surface area (TPSA) is 92.8 Å². The Hall–Kier alpha value is -3.06. The second-order valence-electron chi connectivity index (χ2n) is 10.6. The number of fused-ring (bicyclic) bond motifs is 1. The minimum Gasteiger partial charge on any atom is -0.381 e. The Morgan fingerprint density at radius 3 is 2.56 bits per heavy atom. The number of amides is 1. The molecule has 39 heavy (non-hydrogen) atoms. The van der Waals surface area contributed by atoms with Gasteiger partial charge < -0.3 is 9.64 Å². The zero-order valence-corrected chi connectivity index (χ0v) is 23.8. The number of nitrogens with one attached hydrogen (secondary N) is 2. The third kappa shape index (κ3) is 5.65. The molecule has 2 fully saturated rings. The van der Waals surface area contributed by atoms with Crippen molar-refractivity contribution in [2.45, 2.75) is 51.7 Å². The van der Waals surface area contributed by atoms with E-state index < -0.39 is 11.7 Å². The maximum absolute atomic E-state index is 14.1. The summed E-state index contributed by atoms with van der Waals surface area (Å²) in [5.41, 5.74) is 1.75. The summed E-state index contributed by atoms with van der Waals surface area (Å²) >= 11 is 7.62. The summed E-state index contributed by atoms with van der Waals surface area (Å²) in [7, 11) is 0. The normalized spacial score (nSPS) is 20.8. The molecule has 0 aliphatic carbocycles. The molecular formula is C29H31ClFN5O2S. The first kappa shape index (κ1) is 27.5. The number of thiophene rings is 1. The molecule has 0 saturated carbocycles. The average molecular weight is 568 g/mol. The van der Waals surface area contributed by atoms with E-state index in [9.17, 15) is 9.18 Å². The van der Waals surface area contributed by atoms with E-state index in [1.165, 1.54) is 23.2 Å². The molecule has 1 aromatic carbocycles. The molecule has 10 heteroatoms. The molecule has 1 aromatic heterocycles. The van der Waals surface area contributed by atoms with Gasteiger partial charge in [0.15, 0.2) is 0 Å². The third-order valence-electron chi connectivity index (χ3n) is 7.24. The molecule has 3 aliphatic heterocycles. The van der Waals surface area contributed by atoms with Crippen molar-refractivity contribution in [2.24, 2.45) is 10.9 Å². The standard InChI is InChI=1S/C29H31ClFN5O2S/c1-17-23(9-4-19-10-12-38-13-11-19)39-28-25(17)26(20-5-7-21(30)8-6-20)34-22(27(33)36(28)18(2)32)14-24(37)35-15-29(3,31)16-35/h5-8,19,22,32-33H,10-16H2,1-3H3/t22-/m0/s1. The van der Waals surface area contributed by atoms with Crippen molar-refractivity contribution in [1.29, 1.82) is 10.8 Å². The molecule has 204 valence electrons. The third-order valence-corrected chi connectivity index (χ3v) is 8.68. The van der Waals surface area contributed by atoms with Crippen molar-refractivity contribution in [3.63, 3.8) is 0 Å². The fraction of sp³-hybridized carbons (Fsp3) is 0.448. The molecule has 2 aromatic rings. The Labute approximate surface area is 237 Å². The minimum atomic E-state index is -1.38. The van der Waals surface area contributed by atoms with E-state index in [1.54, 1.807) is 24.0 Å². The second kappa shape index (κ2) is 10.8. The summed E-state index contributed by atoms with van der Waals surface area (Å²) in [5.74, 6) is 6.97. The highest BCUT2D eigenvalue weighted by Crippen LogP contribution is 2.40. The van der Waals surface area contributed by atoms with Crippen LogP contribution in [0.1, 0.15) is 54.7 Å². The minimum absolute atomic E-state index is 0.0363. The fourth-order valence-corrected chi connectivity index (χ4v) is 6.49. The highest BCUT2D eigenvalue weighted by molar-refractivity contribution is 7.17. The molecule has 2 saturated heterocycles. The van der Waals surface area contributed by atoms with Crippen molar-refractivity contribution in [1.82, 2.24) is 4.90 Å². The molecule has 2 N–H and O–H groups in total. The Kier molecular flexibility index (Phi) is 7.64. The number of hydrogen-bond donors (Lipinski definition) is 2. The van der Waals surface area contributed by atoms with E-state index in [0.717, 1.165) is 34.4 Å². The van der Waals surface area contributed by atoms with Crippen LogP contribution in [0.3, 0.4) is 0 Å². The van der Waals surface area contributed by atoms with Crippen LogP contribution in [0.25, 0.3) is 0 Å². The molecule has 0 unspecified atom stereocenters. The maximum atomic E-state index is 14.1. The van der Waals surface area contributed by atoms with Crippen molar-refractivity contribution in [3.8, 4) is 11.8 Å². The summed E-state index contributed by atoms with van der Waals surface area (Å²) in [6.45, 7) is 6.59. The van der Waals surface area contributed by atoms with Crippen LogP contribution in [0.15, 0.2) is 29.3 Å². The lowest BCUT2D eigenvalue weighted by Gasteiger charge is -2.42. The molecular weight excluding hydrogens is 537 g/mol. The van der Waals surface area contributed by atoms with E-state index in [2.05, 4.69) is 11.8 Å². The second-order valence-corrected chi connectivity index (χ2v) is 12.0. The number of nitrogens with zero attached hydrogens (tertiary/aromatic N) is 3. The lowest BCUT2D eigenvalue weighted by atomic mass is 9.97. The van der Waals surface area contributed by atoms with Crippen molar-refractivity contribution in [2.75, 3.05) is 31.2 Å². The van der Waals surface area contributed by atoms with Gasteiger partial charge in [0.25, 0.3) is 0 Å². The molecule has 1 atom stereocenters. The maximum Gasteiger partial charge on any atom is 0.225 e. The van der Waals surface area contributed by atoms with E-state index in [1.807, 2.05) is 19.1 Å². The van der Waals surface area contributed by atoms with Gasteiger partial charge in [-0.25, -0.2) is 4.39 Å². The van der Waals surface area contributed by atoms with Crippen molar-refractivity contribution < 1.29 is 13.9 Å². The number of likely N-dealkylation sites (tertiary alicyclic amines) is 1. The number of halogens is 2. The van der Waals surface area contributed by atoms with Crippen LogP contribution in [0.4, 0.5) is 9.39 Å². The van der Waals surface area contributed by atoms with Gasteiger partial charge in [-0.15, -0.1) is 11.3 Å². The van der Waals surface area contributed by atoms with Gasteiger partial charge >= 0.3 is 0 Å². The molecule has 4 heterocycles. The van der Waals surface area contributed by atoms with E-state index >= 15 is 0 Å².